The molecule has 0 saturated carbocycles. The Morgan fingerprint density at radius 3 is 1.80 bits per heavy atom. The summed E-state index contributed by atoms with van der Waals surface area (Å²) in [5.74, 6) is 1.75. The lowest BCUT2D eigenvalue weighted by Crippen LogP contribution is -2.34. The molecule has 2 heterocycles. The largest absolute Gasteiger partial charge is 0.457 e. The lowest BCUT2D eigenvalue weighted by Gasteiger charge is -2.41. The fourth-order valence-electron chi connectivity index (χ4n) is 8.28. The lowest BCUT2D eigenvalue weighted by molar-refractivity contribution is 0.434. The van der Waals surface area contributed by atoms with Crippen molar-refractivity contribution in [2.45, 2.75) is 5.41 Å². The zero-order chi connectivity index (χ0) is 32.4. The molecule has 1 aliphatic rings. The molecule has 49 heavy (non-hydrogen) atoms. The van der Waals surface area contributed by atoms with Crippen molar-refractivity contribution < 1.29 is 4.74 Å². The Hall–Kier alpha value is -6.38. The highest BCUT2D eigenvalue weighted by atomic mass is 16.5. The molecule has 1 aliphatic heterocycles. The van der Waals surface area contributed by atoms with Gasteiger partial charge in [0.15, 0.2) is 0 Å². The van der Waals surface area contributed by atoms with E-state index in [0.29, 0.717) is 0 Å². The van der Waals surface area contributed by atoms with Gasteiger partial charge in [0.2, 0.25) is 0 Å². The Bertz CT molecular complexity index is 2630. The van der Waals surface area contributed by atoms with E-state index in [1.54, 1.807) is 0 Å². The average Bonchev–Trinajstić information content (AvgIpc) is 3.53. The van der Waals surface area contributed by atoms with Gasteiger partial charge in [0.25, 0.3) is 0 Å². The second-order valence-corrected chi connectivity index (χ2v) is 12.8. The Morgan fingerprint density at radius 1 is 0.449 bits per heavy atom. The van der Waals surface area contributed by atoms with Crippen molar-refractivity contribution in [1.29, 1.82) is 0 Å². The van der Waals surface area contributed by atoms with E-state index in [9.17, 15) is 0 Å². The maximum Gasteiger partial charge on any atom is 0.132 e. The summed E-state index contributed by atoms with van der Waals surface area (Å²) in [6.07, 6.45) is 0. The topological polar surface area (TPSA) is 14.2 Å². The Kier molecular flexibility index (Phi) is 6.13. The van der Waals surface area contributed by atoms with Gasteiger partial charge in [0, 0.05) is 33.2 Å². The number of hydrogen-bond acceptors (Lipinski definition) is 1. The number of hydrogen-bond donors (Lipinski definition) is 0. The first-order valence-corrected chi connectivity index (χ1v) is 16.9. The van der Waals surface area contributed by atoms with Crippen LogP contribution in [0.4, 0.5) is 0 Å². The molecule has 0 unspecified atom stereocenters. The summed E-state index contributed by atoms with van der Waals surface area (Å²) in [7, 11) is 0. The zero-order valence-electron chi connectivity index (χ0n) is 26.8. The molecular weight excluding hydrogens is 595 g/mol. The summed E-state index contributed by atoms with van der Waals surface area (Å²) in [6, 6.07) is 67.8. The lowest BCUT2D eigenvalue weighted by atomic mass is 9.63. The number of benzene rings is 8. The third-order valence-electron chi connectivity index (χ3n) is 10.3. The second kappa shape index (κ2) is 10.8. The monoisotopic (exact) mass is 625 g/mol. The van der Waals surface area contributed by atoms with Crippen LogP contribution in [0.2, 0.25) is 0 Å². The molecule has 0 radical (unpaired) electrons. The van der Waals surface area contributed by atoms with Crippen molar-refractivity contribution in [3.05, 3.63) is 210 Å². The molecule has 0 bridgehead atoms. The predicted molar refractivity (Wildman–Crippen MR) is 202 cm³/mol. The number of para-hydroxylation sites is 3. The standard InChI is InChI=1S/C47H31NO/c1-4-17-34(18-5-1)47(35-19-6-2-7-20-35)40-25-13-15-27-43(40)49-44-29-28-33(31-41(44)47)39-30-32-16-10-11-23-37(32)45-38-24-12-14-26-42(38)48(46(39)45)36-21-8-3-9-22-36/h1-31H. The van der Waals surface area contributed by atoms with Gasteiger partial charge in [0.1, 0.15) is 11.5 Å². The number of fused-ring (bicyclic) bond motifs is 7. The van der Waals surface area contributed by atoms with E-state index in [-0.39, 0.29) is 0 Å². The van der Waals surface area contributed by atoms with Crippen molar-refractivity contribution in [3.8, 4) is 28.3 Å². The van der Waals surface area contributed by atoms with Crippen LogP contribution < -0.4 is 4.74 Å². The van der Waals surface area contributed by atoms with Gasteiger partial charge >= 0.3 is 0 Å². The van der Waals surface area contributed by atoms with Gasteiger partial charge in [-0.25, -0.2) is 0 Å². The van der Waals surface area contributed by atoms with E-state index in [1.165, 1.54) is 49.3 Å². The van der Waals surface area contributed by atoms with E-state index in [0.717, 1.165) is 33.9 Å². The molecule has 0 atom stereocenters. The molecular formula is C47H31NO. The van der Waals surface area contributed by atoms with Crippen LogP contribution in [0.5, 0.6) is 11.5 Å². The fourth-order valence-corrected chi connectivity index (χ4v) is 8.28. The van der Waals surface area contributed by atoms with Crippen molar-refractivity contribution in [2.75, 3.05) is 0 Å². The van der Waals surface area contributed by atoms with Crippen molar-refractivity contribution >= 4 is 32.6 Å². The number of nitrogens with zero attached hydrogens (tertiary/aromatic N) is 1. The van der Waals surface area contributed by atoms with Crippen LogP contribution in [0.1, 0.15) is 22.3 Å². The SMILES string of the molecule is c1ccc(-n2c3ccccc3c3c4ccccc4cc(-c4ccc5c(c4)C(c4ccccc4)(c4ccccc4)c4ccccc4O5)c32)cc1. The second-order valence-electron chi connectivity index (χ2n) is 12.8. The average molecular weight is 626 g/mol. The molecule has 0 saturated heterocycles. The van der Waals surface area contributed by atoms with E-state index >= 15 is 0 Å². The minimum absolute atomic E-state index is 0.592. The number of rotatable bonds is 4. The molecule has 10 rings (SSSR count). The summed E-state index contributed by atoms with van der Waals surface area (Å²) in [4.78, 5) is 0. The van der Waals surface area contributed by atoms with Gasteiger partial charge in [-0.1, -0.05) is 146 Å². The highest BCUT2D eigenvalue weighted by Gasteiger charge is 2.45. The van der Waals surface area contributed by atoms with Gasteiger partial charge in [0.05, 0.1) is 16.4 Å². The van der Waals surface area contributed by atoms with Crippen molar-refractivity contribution in [3.63, 3.8) is 0 Å². The van der Waals surface area contributed by atoms with Crippen molar-refractivity contribution in [2.24, 2.45) is 0 Å². The summed E-state index contributed by atoms with van der Waals surface area (Å²) >= 11 is 0. The first-order chi connectivity index (χ1) is 24.3. The summed E-state index contributed by atoms with van der Waals surface area (Å²) in [5.41, 5.74) is 9.96. The normalized spacial score (nSPS) is 13.2. The first-order valence-electron chi connectivity index (χ1n) is 16.9. The molecule has 1 aromatic heterocycles. The van der Waals surface area contributed by atoms with Crippen LogP contribution in [-0.2, 0) is 5.41 Å². The Labute approximate surface area is 285 Å². The fraction of sp³-hybridized carbons (Fsp3) is 0.0213. The van der Waals surface area contributed by atoms with Crippen LogP contribution in [0.25, 0.3) is 49.4 Å². The van der Waals surface area contributed by atoms with Crippen molar-refractivity contribution in [1.82, 2.24) is 4.57 Å². The zero-order valence-corrected chi connectivity index (χ0v) is 26.8. The molecule has 2 nitrogen and oxygen atoms in total. The molecule has 9 aromatic rings. The summed E-state index contributed by atoms with van der Waals surface area (Å²) < 4.78 is 9.20. The minimum atomic E-state index is -0.592. The predicted octanol–water partition coefficient (Wildman–Crippen LogP) is 12.1. The van der Waals surface area contributed by atoms with Gasteiger partial charge in [-0.15, -0.1) is 0 Å². The quantitative estimate of drug-likeness (QED) is 0.190. The number of aromatic nitrogens is 1. The molecule has 0 amide bonds. The van der Waals surface area contributed by atoms with Gasteiger partial charge in [-0.05, 0) is 69.9 Å². The van der Waals surface area contributed by atoms with Gasteiger partial charge in [-0.3, -0.25) is 0 Å². The summed E-state index contributed by atoms with van der Waals surface area (Å²) in [6.45, 7) is 0. The molecule has 230 valence electrons. The van der Waals surface area contributed by atoms with E-state index < -0.39 is 5.41 Å². The smallest absolute Gasteiger partial charge is 0.132 e. The molecule has 0 aliphatic carbocycles. The third kappa shape index (κ3) is 4.01. The van der Waals surface area contributed by atoms with Crippen LogP contribution >= 0.6 is 0 Å². The maximum absolute atomic E-state index is 6.76. The minimum Gasteiger partial charge on any atom is -0.457 e. The molecule has 0 spiro atoms. The molecule has 8 aromatic carbocycles. The van der Waals surface area contributed by atoms with Crippen LogP contribution in [0, 0.1) is 0 Å². The highest BCUT2D eigenvalue weighted by molar-refractivity contribution is 6.25. The van der Waals surface area contributed by atoms with Crippen LogP contribution in [0.15, 0.2) is 188 Å². The van der Waals surface area contributed by atoms with Crippen LogP contribution in [-0.4, -0.2) is 4.57 Å². The molecule has 0 N–H and O–H groups in total. The van der Waals surface area contributed by atoms with Gasteiger partial charge in [-0.2, -0.15) is 0 Å². The van der Waals surface area contributed by atoms with Crippen LogP contribution in [0.3, 0.4) is 0 Å². The third-order valence-corrected chi connectivity index (χ3v) is 10.3. The maximum atomic E-state index is 6.76. The van der Waals surface area contributed by atoms with E-state index in [2.05, 4.69) is 193 Å². The summed E-state index contributed by atoms with van der Waals surface area (Å²) in [5, 5.41) is 4.99. The first kappa shape index (κ1) is 27.7. The van der Waals surface area contributed by atoms with Gasteiger partial charge < -0.3 is 9.30 Å². The Balaban J connectivity index is 1.36. The molecule has 0 fully saturated rings. The molecule has 2 heteroatoms. The van der Waals surface area contributed by atoms with E-state index in [4.69, 9.17) is 4.74 Å². The Morgan fingerprint density at radius 2 is 1.04 bits per heavy atom. The van der Waals surface area contributed by atoms with E-state index in [1.807, 2.05) is 0 Å². The highest BCUT2D eigenvalue weighted by Crippen LogP contribution is 2.56. The number of ether oxygens (including phenoxy) is 1.